The summed E-state index contributed by atoms with van der Waals surface area (Å²) < 4.78 is 24.8. The molecule has 4 heterocycles. The first-order valence-corrected chi connectivity index (χ1v) is 13.1. The van der Waals surface area contributed by atoms with Crippen molar-refractivity contribution < 1.29 is 13.2 Å². The van der Waals surface area contributed by atoms with Crippen LogP contribution in [0.2, 0.25) is 0 Å². The Balaban J connectivity index is 1.45. The predicted octanol–water partition coefficient (Wildman–Crippen LogP) is 2.75. The number of thioether (sulfide) groups is 1. The maximum Gasteiger partial charge on any atom is 0.230 e. The summed E-state index contributed by atoms with van der Waals surface area (Å²) in [6, 6.07) is 3.86. The van der Waals surface area contributed by atoms with E-state index in [1.807, 2.05) is 28.5 Å². The lowest BCUT2D eigenvalue weighted by Gasteiger charge is -2.31. The lowest BCUT2D eigenvalue weighted by atomic mass is 9.96. The molecule has 10 heteroatoms. The summed E-state index contributed by atoms with van der Waals surface area (Å²) >= 11 is 3.22. The fourth-order valence-electron chi connectivity index (χ4n) is 3.52. The van der Waals surface area contributed by atoms with E-state index in [1.165, 1.54) is 10.6 Å². The predicted molar refractivity (Wildman–Crippen MR) is 117 cm³/mol. The average Bonchev–Trinajstić information content (AvgIpc) is 3.38. The smallest absolute Gasteiger partial charge is 0.230 e. The molecule has 2 saturated heterocycles. The summed E-state index contributed by atoms with van der Waals surface area (Å²) in [7, 11) is -3.18. The molecule has 2 aromatic rings. The summed E-state index contributed by atoms with van der Waals surface area (Å²) in [5, 5.41) is 3.81. The molecule has 0 N–H and O–H groups in total. The number of hydrogen-bond acceptors (Lipinski definition) is 7. The zero-order valence-corrected chi connectivity index (χ0v) is 18.5. The van der Waals surface area contributed by atoms with E-state index in [-0.39, 0.29) is 11.8 Å². The van der Waals surface area contributed by atoms with Crippen molar-refractivity contribution in [1.29, 1.82) is 0 Å². The highest BCUT2D eigenvalue weighted by molar-refractivity contribution is 8.03. The second-order valence-electron chi connectivity index (χ2n) is 7.08. The minimum absolute atomic E-state index is 0.0945. The number of carbonyl (C=O) groups excluding carboxylic acids is 1. The highest BCUT2D eigenvalue weighted by Gasteiger charge is 2.34. The van der Waals surface area contributed by atoms with Crippen molar-refractivity contribution in [2.24, 2.45) is 5.92 Å². The van der Waals surface area contributed by atoms with Gasteiger partial charge in [-0.1, -0.05) is 0 Å². The molecule has 0 saturated carbocycles. The van der Waals surface area contributed by atoms with E-state index in [4.69, 9.17) is 0 Å². The summed E-state index contributed by atoms with van der Waals surface area (Å²) in [6.45, 7) is 1.51. The molecule has 2 aliphatic rings. The zero-order chi connectivity index (χ0) is 20.4. The fourth-order valence-corrected chi connectivity index (χ4v) is 6.19. The molecule has 0 unspecified atom stereocenters. The van der Waals surface area contributed by atoms with Gasteiger partial charge in [-0.25, -0.2) is 17.7 Å². The van der Waals surface area contributed by atoms with E-state index >= 15 is 0 Å². The number of thiazole rings is 1. The lowest BCUT2D eigenvalue weighted by molar-refractivity contribution is -0.133. The number of pyridine rings is 1. The first-order valence-electron chi connectivity index (χ1n) is 9.39. The molecule has 1 amide bonds. The first kappa shape index (κ1) is 20.5. The van der Waals surface area contributed by atoms with Gasteiger partial charge < -0.3 is 4.90 Å². The van der Waals surface area contributed by atoms with Gasteiger partial charge in [0.05, 0.1) is 17.0 Å². The molecule has 0 radical (unpaired) electrons. The number of rotatable bonds is 4. The van der Waals surface area contributed by atoms with Crippen LogP contribution in [0.5, 0.6) is 0 Å². The third kappa shape index (κ3) is 4.71. The van der Waals surface area contributed by atoms with Gasteiger partial charge in [-0.2, -0.15) is 0 Å². The van der Waals surface area contributed by atoms with Crippen LogP contribution in [0.1, 0.15) is 18.5 Å². The van der Waals surface area contributed by atoms with E-state index in [0.717, 1.165) is 27.0 Å². The van der Waals surface area contributed by atoms with Gasteiger partial charge in [-0.3, -0.25) is 9.78 Å². The number of piperidine rings is 1. The summed E-state index contributed by atoms with van der Waals surface area (Å²) in [4.78, 5) is 23.7. The van der Waals surface area contributed by atoms with Crippen molar-refractivity contribution in [3.05, 3.63) is 40.6 Å². The van der Waals surface area contributed by atoms with Crippen LogP contribution in [-0.2, 0) is 14.8 Å². The van der Waals surface area contributed by atoms with Crippen molar-refractivity contribution in [3.8, 4) is 10.6 Å². The number of carbonyl (C=O) groups is 1. The zero-order valence-electron chi connectivity index (χ0n) is 16.0. The van der Waals surface area contributed by atoms with Crippen molar-refractivity contribution in [3.63, 3.8) is 0 Å². The Kier molecular flexibility index (Phi) is 6.05. The number of amides is 1. The third-order valence-corrected chi connectivity index (χ3v) is 8.30. The Hall–Kier alpha value is -1.75. The van der Waals surface area contributed by atoms with Gasteiger partial charge in [0.15, 0.2) is 0 Å². The minimum atomic E-state index is -3.18. The first-order chi connectivity index (χ1) is 13.9. The monoisotopic (exact) mass is 450 g/mol. The molecule has 0 spiro atoms. The van der Waals surface area contributed by atoms with Gasteiger partial charge in [-0.15, -0.1) is 23.1 Å². The third-order valence-electron chi connectivity index (χ3n) is 5.07. The standard InChI is InChI=1S/C19H22N4O3S3/c1-29(25,26)22-7-4-14(5-8-22)19(24)23-9-10-27-17(23)11-16-13-28-18(21-16)15-3-2-6-20-12-15/h2-3,6,11-14H,4-5,7-10H2,1H3/b17-11+. The van der Waals surface area contributed by atoms with Crippen LogP contribution < -0.4 is 0 Å². The largest absolute Gasteiger partial charge is 0.306 e. The Bertz CT molecular complexity index is 1010. The molecule has 0 atom stereocenters. The Morgan fingerprint density at radius 3 is 2.76 bits per heavy atom. The Morgan fingerprint density at radius 2 is 2.07 bits per heavy atom. The van der Waals surface area contributed by atoms with E-state index in [0.29, 0.717) is 32.5 Å². The molecular weight excluding hydrogens is 428 g/mol. The maximum absolute atomic E-state index is 13.1. The van der Waals surface area contributed by atoms with Crippen molar-refractivity contribution in [2.75, 3.05) is 31.6 Å². The van der Waals surface area contributed by atoms with Gasteiger partial charge in [-0.05, 0) is 31.1 Å². The Labute approximate surface area is 178 Å². The summed E-state index contributed by atoms with van der Waals surface area (Å²) in [5.41, 5.74) is 1.81. The fraction of sp³-hybridized carbons (Fsp3) is 0.421. The highest BCUT2D eigenvalue weighted by atomic mass is 32.2. The van der Waals surface area contributed by atoms with E-state index in [1.54, 1.807) is 35.5 Å². The Morgan fingerprint density at radius 1 is 1.28 bits per heavy atom. The summed E-state index contributed by atoms with van der Waals surface area (Å²) in [6.07, 6.45) is 7.86. The van der Waals surface area contributed by atoms with Crippen LogP contribution in [0.3, 0.4) is 0 Å². The average molecular weight is 451 g/mol. The van der Waals surface area contributed by atoms with Crippen LogP contribution in [0.25, 0.3) is 16.6 Å². The molecule has 7 nitrogen and oxygen atoms in total. The number of sulfonamides is 1. The van der Waals surface area contributed by atoms with E-state index in [2.05, 4.69) is 9.97 Å². The molecule has 2 fully saturated rings. The SMILES string of the molecule is CS(=O)(=O)N1CCC(C(=O)N2CCS/C2=C/c2csc(-c3cccnc3)n2)CC1. The molecule has 0 aliphatic carbocycles. The second-order valence-corrected chi connectivity index (χ2v) is 11.0. The molecule has 154 valence electrons. The molecular formula is C19H22N4O3S3. The van der Waals surface area contributed by atoms with E-state index < -0.39 is 10.0 Å². The van der Waals surface area contributed by atoms with Crippen molar-refractivity contribution in [2.45, 2.75) is 12.8 Å². The molecule has 2 aromatic heterocycles. The molecule has 29 heavy (non-hydrogen) atoms. The van der Waals surface area contributed by atoms with Crippen LogP contribution in [-0.4, -0.2) is 65.1 Å². The quantitative estimate of drug-likeness (QED) is 0.712. The second kappa shape index (κ2) is 8.55. The molecule has 2 aliphatic heterocycles. The van der Waals surface area contributed by atoms with Crippen molar-refractivity contribution >= 4 is 45.1 Å². The summed E-state index contributed by atoms with van der Waals surface area (Å²) in [5.74, 6) is 0.827. The number of hydrogen-bond donors (Lipinski definition) is 0. The number of nitrogens with zero attached hydrogens (tertiary/aromatic N) is 4. The highest BCUT2D eigenvalue weighted by Crippen LogP contribution is 2.34. The van der Waals surface area contributed by atoms with Crippen LogP contribution in [0, 0.1) is 5.92 Å². The van der Waals surface area contributed by atoms with Gasteiger partial charge >= 0.3 is 0 Å². The van der Waals surface area contributed by atoms with Crippen LogP contribution in [0.4, 0.5) is 0 Å². The van der Waals surface area contributed by atoms with Gasteiger partial charge in [0.1, 0.15) is 5.01 Å². The topological polar surface area (TPSA) is 83.5 Å². The van der Waals surface area contributed by atoms with Crippen LogP contribution in [0.15, 0.2) is 34.9 Å². The van der Waals surface area contributed by atoms with Gasteiger partial charge in [0, 0.05) is 54.6 Å². The van der Waals surface area contributed by atoms with Gasteiger partial charge in [0.25, 0.3) is 0 Å². The van der Waals surface area contributed by atoms with E-state index in [9.17, 15) is 13.2 Å². The normalized spacial score (nSPS) is 20.4. The molecule has 0 aromatic carbocycles. The molecule has 0 bridgehead atoms. The van der Waals surface area contributed by atoms with Crippen LogP contribution >= 0.6 is 23.1 Å². The van der Waals surface area contributed by atoms with Gasteiger partial charge in [0.2, 0.25) is 15.9 Å². The number of aromatic nitrogens is 2. The van der Waals surface area contributed by atoms with Crippen molar-refractivity contribution in [1.82, 2.24) is 19.2 Å². The maximum atomic E-state index is 13.1. The lowest BCUT2D eigenvalue weighted by Crippen LogP contribution is -2.43. The molecule has 4 rings (SSSR count). The minimum Gasteiger partial charge on any atom is -0.306 e.